The van der Waals surface area contributed by atoms with Crippen molar-refractivity contribution in [2.24, 2.45) is 0 Å². The highest BCUT2D eigenvalue weighted by molar-refractivity contribution is 5.27. The first-order chi connectivity index (χ1) is 10.1. The minimum atomic E-state index is -0.831. The third kappa shape index (κ3) is 4.09. The van der Waals surface area contributed by atoms with Crippen molar-refractivity contribution in [3.05, 3.63) is 71.3 Å². The van der Waals surface area contributed by atoms with E-state index >= 15 is 0 Å². The summed E-state index contributed by atoms with van der Waals surface area (Å²) in [4.78, 5) is 0. The van der Waals surface area contributed by atoms with Crippen molar-refractivity contribution in [2.75, 3.05) is 6.61 Å². The molecule has 0 bridgehead atoms. The Balaban J connectivity index is 2.26. The molecule has 0 fully saturated rings. The van der Waals surface area contributed by atoms with Gasteiger partial charge in [-0.25, -0.2) is 8.78 Å². The van der Waals surface area contributed by atoms with E-state index in [9.17, 15) is 13.9 Å². The predicted octanol–water partition coefficient (Wildman–Crippen LogP) is 3.55. The molecule has 2 rings (SSSR count). The standard InChI is InChI=1S/C17H18F2O2/c18-14-7-3-12(4-8-14)16(2-1-11-20)17(21)13-5-9-15(19)10-6-13/h3-10,16-17,20-21H,1-2,11H2. The molecule has 0 saturated carbocycles. The summed E-state index contributed by atoms with van der Waals surface area (Å²) >= 11 is 0. The van der Waals surface area contributed by atoms with Gasteiger partial charge < -0.3 is 10.2 Å². The van der Waals surface area contributed by atoms with E-state index in [1.807, 2.05) is 0 Å². The quantitative estimate of drug-likeness (QED) is 0.854. The van der Waals surface area contributed by atoms with E-state index < -0.39 is 6.10 Å². The Hall–Kier alpha value is -1.78. The molecule has 0 amide bonds. The number of aliphatic hydroxyl groups is 2. The number of halogens is 2. The Labute approximate surface area is 122 Å². The number of hydrogen-bond donors (Lipinski definition) is 2. The number of benzene rings is 2. The lowest BCUT2D eigenvalue weighted by atomic mass is 9.86. The van der Waals surface area contributed by atoms with Gasteiger partial charge in [-0.15, -0.1) is 0 Å². The predicted molar refractivity (Wildman–Crippen MR) is 76.8 cm³/mol. The van der Waals surface area contributed by atoms with Crippen LogP contribution in [0.2, 0.25) is 0 Å². The molecule has 2 atom stereocenters. The molecule has 0 aliphatic heterocycles. The molecule has 2 aromatic rings. The zero-order valence-electron chi connectivity index (χ0n) is 11.5. The maximum Gasteiger partial charge on any atom is 0.123 e. The van der Waals surface area contributed by atoms with Gasteiger partial charge in [-0.1, -0.05) is 24.3 Å². The average molecular weight is 292 g/mol. The van der Waals surface area contributed by atoms with Crippen LogP contribution in [0.1, 0.15) is 36.0 Å². The van der Waals surface area contributed by atoms with Crippen LogP contribution >= 0.6 is 0 Å². The molecule has 112 valence electrons. The van der Waals surface area contributed by atoms with Crippen LogP contribution in [0.3, 0.4) is 0 Å². The largest absolute Gasteiger partial charge is 0.396 e. The normalized spacial score (nSPS) is 13.9. The lowest BCUT2D eigenvalue weighted by Gasteiger charge is -2.23. The van der Waals surface area contributed by atoms with Crippen LogP contribution in [0.4, 0.5) is 8.78 Å². The zero-order chi connectivity index (χ0) is 15.2. The van der Waals surface area contributed by atoms with E-state index in [1.54, 1.807) is 12.1 Å². The second-order valence-electron chi connectivity index (χ2n) is 5.02. The van der Waals surface area contributed by atoms with Crippen molar-refractivity contribution in [1.82, 2.24) is 0 Å². The van der Waals surface area contributed by atoms with Crippen LogP contribution in [-0.4, -0.2) is 16.8 Å². The van der Waals surface area contributed by atoms with E-state index in [2.05, 4.69) is 0 Å². The fraction of sp³-hybridized carbons (Fsp3) is 0.294. The summed E-state index contributed by atoms with van der Waals surface area (Å²) in [7, 11) is 0. The van der Waals surface area contributed by atoms with Gasteiger partial charge in [-0.05, 0) is 48.2 Å². The number of aliphatic hydroxyl groups excluding tert-OH is 2. The van der Waals surface area contributed by atoms with Crippen molar-refractivity contribution < 1.29 is 19.0 Å². The minimum absolute atomic E-state index is 0.0217. The SMILES string of the molecule is OCCCC(c1ccc(F)cc1)C(O)c1ccc(F)cc1. The zero-order valence-corrected chi connectivity index (χ0v) is 11.5. The van der Waals surface area contributed by atoms with E-state index in [0.29, 0.717) is 18.4 Å². The topological polar surface area (TPSA) is 40.5 Å². The van der Waals surface area contributed by atoms with E-state index in [-0.39, 0.29) is 24.2 Å². The molecule has 0 spiro atoms. The smallest absolute Gasteiger partial charge is 0.123 e. The number of hydrogen-bond acceptors (Lipinski definition) is 2. The van der Waals surface area contributed by atoms with Crippen molar-refractivity contribution in [3.63, 3.8) is 0 Å². The van der Waals surface area contributed by atoms with Crippen LogP contribution < -0.4 is 0 Å². The Kier molecular flexibility index (Phi) is 5.42. The van der Waals surface area contributed by atoms with Gasteiger partial charge in [0.1, 0.15) is 11.6 Å². The van der Waals surface area contributed by atoms with Gasteiger partial charge in [0.25, 0.3) is 0 Å². The first kappa shape index (κ1) is 15.6. The van der Waals surface area contributed by atoms with Gasteiger partial charge in [-0.3, -0.25) is 0 Å². The summed E-state index contributed by atoms with van der Waals surface area (Å²) in [5.74, 6) is -0.973. The summed E-state index contributed by atoms with van der Waals surface area (Å²) in [6, 6.07) is 11.6. The van der Waals surface area contributed by atoms with Gasteiger partial charge in [0.15, 0.2) is 0 Å². The fourth-order valence-corrected chi connectivity index (χ4v) is 2.42. The Morgan fingerprint density at radius 3 is 1.76 bits per heavy atom. The highest BCUT2D eigenvalue weighted by atomic mass is 19.1. The third-order valence-electron chi connectivity index (χ3n) is 3.56. The first-order valence-electron chi connectivity index (χ1n) is 6.91. The molecule has 0 saturated heterocycles. The Morgan fingerprint density at radius 1 is 0.810 bits per heavy atom. The second kappa shape index (κ2) is 7.29. The molecule has 21 heavy (non-hydrogen) atoms. The molecule has 0 aliphatic rings. The molecular formula is C17H18F2O2. The van der Waals surface area contributed by atoms with Crippen molar-refractivity contribution in [1.29, 1.82) is 0 Å². The van der Waals surface area contributed by atoms with Crippen molar-refractivity contribution >= 4 is 0 Å². The summed E-state index contributed by atoms with van der Waals surface area (Å²) in [6.07, 6.45) is 0.253. The maximum absolute atomic E-state index is 13.0. The number of rotatable bonds is 6. The summed E-state index contributed by atoms with van der Waals surface area (Å²) in [5, 5.41) is 19.5. The van der Waals surface area contributed by atoms with Gasteiger partial charge in [0.2, 0.25) is 0 Å². The summed E-state index contributed by atoms with van der Waals surface area (Å²) in [5.41, 5.74) is 1.39. The van der Waals surface area contributed by atoms with Crippen LogP contribution in [0, 0.1) is 11.6 Å². The van der Waals surface area contributed by atoms with Crippen LogP contribution in [0.25, 0.3) is 0 Å². The monoisotopic (exact) mass is 292 g/mol. The van der Waals surface area contributed by atoms with E-state index in [1.165, 1.54) is 36.4 Å². The van der Waals surface area contributed by atoms with Crippen LogP contribution in [0.15, 0.2) is 48.5 Å². The van der Waals surface area contributed by atoms with E-state index in [4.69, 9.17) is 5.11 Å². The Morgan fingerprint density at radius 2 is 1.29 bits per heavy atom. The second-order valence-corrected chi connectivity index (χ2v) is 5.02. The molecule has 4 heteroatoms. The molecule has 2 nitrogen and oxygen atoms in total. The van der Waals surface area contributed by atoms with E-state index in [0.717, 1.165) is 5.56 Å². The highest BCUT2D eigenvalue weighted by Gasteiger charge is 2.22. The van der Waals surface area contributed by atoms with Crippen LogP contribution in [-0.2, 0) is 0 Å². The van der Waals surface area contributed by atoms with Crippen molar-refractivity contribution in [2.45, 2.75) is 24.9 Å². The molecule has 0 aliphatic carbocycles. The van der Waals surface area contributed by atoms with Crippen LogP contribution in [0.5, 0.6) is 0 Å². The summed E-state index contributed by atoms with van der Waals surface area (Å²) in [6.45, 7) is 0.0217. The lowest BCUT2D eigenvalue weighted by Crippen LogP contribution is -2.12. The molecule has 0 radical (unpaired) electrons. The highest BCUT2D eigenvalue weighted by Crippen LogP contribution is 2.34. The van der Waals surface area contributed by atoms with Gasteiger partial charge in [0, 0.05) is 12.5 Å². The third-order valence-corrected chi connectivity index (χ3v) is 3.56. The summed E-state index contributed by atoms with van der Waals surface area (Å²) < 4.78 is 26.0. The first-order valence-corrected chi connectivity index (χ1v) is 6.91. The molecule has 0 aromatic heterocycles. The molecule has 0 heterocycles. The lowest BCUT2D eigenvalue weighted by molar-refractivity contribution is 0.135. The minimum Gasteiger partial charge on any atom is -0.396 e. The Bertz CT molecular complexity index is 552. The molecule has 2 unspecified atom stereocenters. The molecular weight excluding hydrogens is 274 g/mol. The molecule has 2 N–H and O–H groups in total. The maximum atomic E-state index is 13.0. The van der Waals surface area contributed by atoms with Gasteiger partial charge in [-0.2, -0.15) is 0 Å². The van der Waals surface area contributed by atoms with Gasteiger partial charge in [0.05, 0.1) is 6.10 Å². The molecule has 2 aromatic carbocycles. The van der Waals surface area contributed by atoms with Gasteiger partial charge >= 0.3 is 0 Å². The van der Waals surface area contributed by atoms with Crippen molar-refractivity contribution in [3.8, 4) is 0 Å². The average Bonchev–Trinajstić information content (AvgIpc) is 2.50. The fourth-order valence-electron chi connectivity index (χ4n) is 2.42.